The number of allylic oxidation sites excluding steroid dienone is 1. The van der Waals surface area contributed by atoms with Gasteiger partial charge in [0.15, 0.2) is 0 Å². The molecule has 3 saturated carbocycles. The van der Waals surface area contributed by atoms with Crippen molar-refractivity contribution in [1.82, 2.24) is 0 Å². The third kappa shape index (κ3) is 5.84. The van der Waals surface area contributed by atoms with Crippen molar-refractivity contribution in [1.29, 1.82) is 0 Å². The summed E-state index contributed by atoms with van der Waals surface area (Å²) in [5, 5.41) is 0. The van der Waals surface area contributed by atoms with Crippen LogP contribution in [0.5, 0.6) is 0 Å². The molecule has 0 aromatic heterocycles. The van der Waals surface area contributed by atoms with Crippen molar-refractivity contribution in [3.8, 4) is 0 Å². The van der Waals surface area contributed by atoms with Crippen LogP contribution in [0, 0.1) is 46.3 Å². The molecule has 0 amide bonds. The molecule has 0 aromatic rings. The lowest BCUT2D eigenvalue weighted by Gasteiger charge is -2.58. The van der Waals surface area contributed by atoms with Crippen LogP contribution in [0.2, 0.25) is 0 Å². The molecule has 36 heavy (non-hydrogen) atoms. The van der Waals surface area contributed by atoms with Crippen molar-refractivity contribution in [3.05, 3.63) is 11.6 Å². The molecule has 4 rings (SSSR count). The Balaban J connectivity index is 1.39. The molecule has 206 valence electrons. The zero-order valence-electron chi connectivity index (χ0n) is 23.4. The Labute approximate surface area is 219 Å². The molecule has 4 aliphatic rings. The molecule has 8 atom stereocenters. The van der Waals surface area contributed by atoms with E-state index >= 15 is 0 Å². The minimum absolute atomic E-state index is 0.151. The first-order valence-electron chi connectivity index (χ1n) is 14.8. The number of carbonyl (C=O) groups excluding carboxylic acids is 1. The minimum Gasteiger partial charge on any atom is -0.462 e. The lowest BCUT2D eigenvalue weighted by molar-refractivity contribution is -0.151. The fourth-order valence-electron chi connectivity index (χ4n) is 9.23. The fourth-order valence-corrected chi connectivity index (χ4v) is 9.71. The monoisotopic (exact) mass is 522 g/mol. The van der Waals surface area contributed by atoms with Crippen molar-refractivity contribution in [2.75, 3.05) is 6.16 Å². The molecule has 0 radical (unpaired) electrons. The molecule has 0 heterocycles. The smallest absolute Gasteiger partial charge is 0.326 e. The van der Waals surface area contributed by atoms with Crippen molar-refractivity contribution in [3.63, 3.8) is 0 Å². The largest absolute Gasteiger partial charge is 0.462 e. The topological polar surface area (TPSA) is 83.8 Å². The Bertz CT molecular complexity index is 877. The molecular formula is C30H51O5P. The summed E-state index contributed by atoms with van der Waals surface area (Å²) in [5.41, 5.74) is 2.18. The second-order valence-corrected chi connectivity index (χ2v) is 15.6. The fraction of sp³-hybridized carbons (Fsp3) is 0.900. The van der Waals surface area contributed by atoms with Crippen LogP contribution in [0.3, 0.4) is 0 Å². The van der Waals surface area contributed by atoms with Crippen LogP contribution in [0.1, 0.15) is 112 Å². The highest BCUT2D eigenvalue weighted by Gasteiger charge is 2.59. The quantitative estimate of drug-likeness (QED) is 0.186. The normalized spacial score (nSPS) is 39.1. The molecule has 0 aromatic carbocycles. The van der Waals surface area contributed by atoms with Gasteiger partial charge in [0.2, 0.25) is 0 Å². The van der Waals surface area contributed by atoms with E-state index in [2.05, 4.69) is 40.7 Å². The van der Waals surface area contributed by atoms with Gasteiger partial charge in [-0.2, -0.15) is 0 Å². The molecule has 3 fully saturated rings. The van der Waals surface area contributed by atoms with Gasteiger partial charge in [-0.3, -0.25) is 9.36 Å². The third-order valence-electron chi connectivity index (χ3n) is 11.2. The van der Waals surface area contributed by atoms with Crippen LogP contribution in [-0.4, -0.2) is 28.0 Å². The molecule has 0 bridgehead atoms. The van der Waals surface area contributed by atoms with E-state index in [0.717, 1.165) is 54.8 Å². The van der Waals surface area contributed by atoms with E-state index in [9.17, 15) is 9.36 Å². The average Bonchev–Trinajstić information content (AvgIpc) is 3.14. The summed E-state index contributed by atoms with van der Waals surface area (Å²) in [6.45, 7) is 12.3. The summed E-state index contributed by atoms with van der Waals surface area (Å²) in [6, 6.07) is 0. The lowest BCUT2D eigenvalue weighted by atomic mass is 9.47. The van der Waals surface area contributed by atoms with Crippen LogP contribution < -0.4 is 0 Å². The van der Waals surface area contributed by atoms with Crippen LogP contribution in [0.15, 0.2) is 11.6 Å². The van der Waals surface area contributed by atoms with E-state index in [4.69, 9.17) is 14.5 Å². The molecule has 0 spiro atoms. The Kier molecular flexibility index (Phi) is 8.55. The van der Waals surface area contributed by atoms with Crippen LogP contribution in [0.4, 0.5) is 0 Å². The first-order chi connectivity index (χ1) is 16.8. The second kappa shape index (κ2) is 10.9. The van der Waals surface area contributed by atoms with Gasteiger partial charge < -0.3 is 14.5 Å². The number of fused-ring (bicyclic) bond motifs is 5. The summed E-state index contributed by atoms with van der Waals surface area (Å²) in [4.78, 5) is 30.3. The molecule has 2 N–H and O–H groups in total. The SMILES string of the molecule is CC(C)CCC[C@@H](C)C1CC[C@H]2[C@@H]3CC=C4C[C@@H](OC(=O)CCP(=O)(O)O)CC[C@]4(C)[C@H]3CC[C@]12C. The summed E-state index contributed by atoms with van der Waals surface area (Å²) in [6.07, 6.45) is 15.2. The maximum atomic E-state index is 12.2. The molecule has 4 aliphatic carbocycles. The minimum atomic E-state index is -4.17. The van der Waals surface area contributed by atoms with Crippen molar-refractivity contribution in [2.24, 2.45) is 46.3 Å². The Morgan fingerprint density at radius 2 is 1.83 bits per heavy atom. The van der Waals surface area contributed by atoms with Gasteiger partial charge in [0, 0.05) is 6.42 Å². The number of hydrogen-bond acceptors (Lipinski definition) is 3. The third-order valence-corrected chi connectivity index (χ3v) is 12.0. The summed E-state index contributed by atoms with van der Waals surface area (Å²) in [7, 11) is -4.17. The average molecular weight is 523 g/mol. The van der Waals surface area contributed by atoms with Gasteiger partial charge in [-0.05, 0) is 91.3 Å². The maximum Gasteiger partial charge on any atom is 0.326 e. The predicted octanol–water partition coefficient (Wildman–Crippen LogP) is 7.51. The Morgan fingerprint density at radius 1 is 1.08 bits per heavy atom. The van der Waals surface area contributed by atoms with E-state index in [1.807, 2.05) is 0 Å². The van der Waals surface area contributed by atoms with Crippen LogP contribution >= 0.6 is 7.60 Å². The van der Waals surface area contributed by atoms with E-state index in [1.54, 1.807) is 0 Å². The zero-order chi connectivity index (χ0) is 26.3. The lowest BCUT2D eigenvalue weighted by Crippen LogP contribution is -2.51. The summed E-state index contributed by atoms with van der Waals surface area (Å²) in [5.74, 6) is 4.39. The number of carbonyl (C=O) groups is 1. The van der Waals surface area contributed by atoms with Crippen molar-refractivity contribution < 1.29 is 23.9 Å². The van der Waals surface area contributed by atoms with E-state index in [-0.39, 0.29) is 17.9 Å². The highest BCUT2D eigenvalue weighted by molar-refractivity contribution is 7.51. The van der Waals surface area contributed by atoms with Gasteiger partial charge in [-0.15, -0.1) is 0 Å². The second-order valence-electron chi connectivity index (χ2n) is 13.8. The zero-order valence-corrected chi connectivity index (χ0v) is 24.3. The van der Waals surface area contributed by atoms with Crippen LogP contribution in [0.25, 0.3) is 0 Å². The van der Waals surface area contributed by atoms with Gasteiger partial charge in [0.05, 0.1) is 12.6 Å². The summed E-state index contributed by atoms with van der Waals surface area (Å²) >= 11 is 0. The van der Waals surface area contributed by atoms with Gasteiger partial charge in [-0.25, -0.2) is 0 Å². The number of rotatable bonds is 9. The van der Waals surface area contributed by atoms with Gasteiger partial charge in [0.1, 0.15) is 6.10 Å². The van der Waals surface area contributed by atoms with Crippen LogP contribution in [-0.2, 0) is 14.1 Å². The predicted molar refractivity (Wildman–Crippen MR) is 144 cm³/mol. The number of hydrogen-bond donors (Lipinski definition) is 2. The van der Waals surface area contributed by atoms with E-state index in [0.29, 0.717) is 5.41 Å². The standard InChI is InChI=1S/C30H51O5P/c1-20(2)7-6-8-21(3)25-11-12-26-24-10-9-22-19-23(35-28(31)15-18-36(32,33)34)13-16-29(22,4)27(24)14-17-30(25,26)5/h9,20-21,23-27H,6-8,10-19H2,1-5H3,(H2,32,33,34)/t21-,23+,24+,25?,26+,27+,29+,30-/m1/s1. The maximum absolute atomic E-state index is 12.2. The first-order valence-corrected chi connectivity index (χ1v) is 16.6. The van der Waals surface area contributed by atoms with Crippen molar-refractivity contribution >= 4 is 13.6 Å². The molecule has 1 unspecified atom stereocenters. The number of ether oxygens (including phenoxy) is 1. The van der Waals surface area contributed by atoms with E-state index in [1.165, 1.54) is 56.9 Å². The van der Waals surface area contributed by atoms with Crippen molar-refractivity contribution in [2.45, 2.75) is 118 Å². The summed E-state index contributed by atoms with van der Waals surface area (Å²) < 4.78 is 16.8. The van der Waals surface area contributed by atoms with Gasteiger partial charge in [-0.1, -0.05) is 65.5 Å². The van der Waals surface area contributed by atoms with Gasteiger partial charge in [0.25, 0.3) is 0 Å². The molecule has 0 aliphatic heterocycles. The Hall–Kier alpha value is -0.640. The number of esters is 1. The highest BCUT2D eigenvalue weighted by Crippen LogP contribution is 2.67. The molecular weight excluding hydrogens is 471 g/mol. The van der Waals surface area contributed by atoms with E-state index < -0.39 is 19.7 Å². The highest BCUT2D eigenvalue weighted by atomic mass is 31.2. The first kappa shape index (κ1) is 28.4. The van der Waals surface area contributed by atoms with Gasteiger partial charge >= 0.3 is 13.6 Å². The molecule has 5 nitrogen and oxygen atoms in total. The molecule has 0 saturated heterocycles. The Morgan fingerprint density at radius 3 is 2.53 bits per heavy atom. The molecule has 6 heteroatoms.